The van der Waals surface area contributed by atoms with Gasteiger partial charge in [0.1, 0.15) is 0 Å². The topological polar surface area (TPSA) is 66.6 Å². The van der Waals surface area contributed by atoms with E-state index in [0.717, 1.165) is 5.69 Å². The SMILES string of the molecule is CC(C)C(C)CN1C(=O)C(N)C(=O)N(c2ccccc2)c2ccccc21. The average molecular weight is 351 g/mol. The minimum Gasteiger partial charge on any atom is -0.312 e. The predicted molar refractivity (Wildman–Crippen MR) is 104 cm³/mol. The van der Waals surface area contributed by atoms with Crippen molar-refractivity contribution in [1.29, 1.82) is 0 Å². The lowest BCUT2D eigenvalue weighted by atomic mass is 9.97. The van der Waals surface area contributed by atoms with Crippen LogP contribution in [0.2, 0.25) is 0 Å². The van der Waals surface area contributed by atoms with E-state index in [1.54, 1.807) is 9.80 Å². The molecular weight excluding hydrogens is 326 g/mol. The van der Waals surface area contributed by atoms with E-state index in [9.17, 15) is 9.59 Å². The molecule has 136 valence electrons. The third-order valence-electron chi connectivity index (χ3n) is 5.05. The minimum atomic E-state index is -1.22. The number of para-hydroxylation sites is 3. The van der Waals surface area contributed by atoms with Gasteiger partial charge >= 0.3 is 0 Å². The van der Waals surface area contributed by atoms with Crippen LogP contribution in [0.1, 0.15) is 20.8 Å². The van der Waals surface area contributed by atoms with E-state index in [4.69, 9.17) is 5.73 Å². The number of hydrogen-bond donors (Lipinski definition) is 1. The van der Waals surface area contributed by atoms with Crippen molar-refractivity contribution < 1.29 is 9.59 Å². The Labute approximate surface area is 154 Å². The summed E-state index contributed by atoms with van der Waals surface area (Å²) in [6.45, 7) is 6.88. The molecule has 0 spiro atoms. The highest BCUT2D eigenvalue weighted by Crippen LogP contribution is 2.38. The predicted octanol–water partition coefficient (Wildman–Crippen LogP) is 3.32. The molecule has 1 heterocycles. The molecule has 2 unspecified atom stereocenters. The van der Waals surface area contributed by atoms with Gasteiger partial charge in [-0.2, -0.15) is 0 Å². The quantitative estimate of drug-likeness (QED) is 0.859. The van der Waals surface area contributed by atoms with E-state index < -0.39 is 11.9 Å². The van der Waals surface area contributed by atoms with Gasteiger partial charge in [-0.1, -0.05) is 51.1 Å². The van der Waals surface area contributed by atoms with Crippen LogP contribution in [-0.2, 0) is 9.59 Å². The summed E-state index contributed by atoms with van der Waals surface area (Å²) in [4.78, 5) is 29.3. The molecule has 5 heteroatoms. The summed E-state index contributed by atoms with van der Waals surface area (Å²) in [6.07, 6.45) is 0. The van der Waals surface area contributed by atoms with E-state index in [-0.39, 0.29) is 11.8 Å². The molecule has 0 saturated carbocycles. The number of benzene rings is 2. The van der Waals surface area contributed by atoms with Crippen LogP contribution in [0.5, 0.6) is 0 Å². The largest absolute Gasteiger partial charge is 0.312 e. The van der Waals surface area contributed by atoms with Crippen LogP contribution in [0.4, 0.5) is 17.1 Å². The first-order valence-electron chi connectivity index (χ1n) is 8.96. The Morgan fingerprint density at radius 3 is 2.08 bits per heavy atom. The number of rotatable bonds is 4. The highest BCUT2D eigenvalue weighted by molar-refractivity contribution is 6.22. The van der Waals surface area contributed by atoms with Gasteiger partial charge in [0.15, 0.2) is 6.04 Å². The van der Waals surface area contributed by atoms with E-state index in [1.165, 1.54) is 0 Å². The van der Waals surface area contributed by atoms with Crippen LogP contribution in [0.25, 0.3) is 0 Å². The Morgan fingerprint density at radius 1 is 0.885 bits per heavy atom. The zero-order valence-corrected chi connectivity index (χ0v) is 15.4. The van der Waals surface area contributed by atoms with Crippen LogP contribution in [0, 0.1) is 11.8 Å². The summed E-state index contributed by atoms with van der Waals surface area (Å²) in [6, 6.07) is 15.6. The molecule has 26 heavy (non-hydrogen) atoms. The van der Waals surface area contributed by atoms with Gasteiger partial charge in [0, 0.05) is 12.2 Å². The van der Waals surface area contributed by atoms with Crippen molar-refractivity contribution in [1.82, 2.24) is 0 Å². The molecule has 3 rings (SSSR count). The van der Waals surface area contributed by atoms with Crippen molar-refractivity contribution in [3.63, 3.8) is 0 Å². The van der Waals surface area contributed by atoms with Gasteiger partial charge in [0.2, 0.25) is 0 Å². The van der Waals surface area contributed by atoms with E-state index in [1.807, 2.05) is 54.6 Å². The zero-order chi connectivity index (χ0) is 18.8. The molecule has 2 N–H and O–H groups in total. The number of anilines is 3. The Morgan fingerprint density at radius 2 is 1.46 bits per heavy atom. The lowest BCUT2D eigenvalue weighted by Gasteiger charge is -2.29. The normalized spacial score (nSPS) is 18.7. The third-order valence-corrected chi connectivity index (χ3v) is 5.05. The maximum Gasteiger partial charge on any atom is 0.258 e. The summed E-state index contributed by atoms with van der Waals surface area (Å²) in [5.74, 6) is -0.0744. The summed E-state index contributed by atoms with van der Waals surface area (Å²) in [7, 11) is 0. The molecule has 1 aliphatic heterocycles. The molecule has 5 nitrogen and oxygen atoms in total. The highest BCUT2D eigenvalue weighted by atomic mass is 16.2. The van der Waals surface area contributed by atoms with Gasteiger partial charge in [-0.05, 0) is 36.1 Å². The van der Waals surface area contributed by atoms with Gasteiger partial charge in [-0.15, -0.1) is 0 Å². The Hall–Kier alpha value is -2.66. The van der Waals surface area contributed by atoms with Gasteiger partial charge in [-0.3, -0.25) is 14.5 Å². The smallest absolute Gasteiger partial charge is 0.258 e. The van der Waals surface area contributed by atoms with E-state index in [2.05, 4.69) is 20.8 Å². The molecule has 0 bridgehead atoms. The lowest BCUT2D eigenvalue weighted by Crippen LogP contribution is -2.51. The third kappa shape index (κ3) is 3.22. The van der Waals surface area contributed by atoms with Crippen molar-refractivity contribution in [3.8, 4) is 0 Å². The number of hydrogen-bond acceptors (Lipinski definition) is 3. The van der Waals surface area contributed by atoms with Gasteiger partial charge < -0.3 is 10.6 Å². The van der Waals surface area contributed by atoms with Crippen molar-refractivity contribution in [2.24, 2.45) is 17.6 Å². The number of nitrogens with zero attached hydrogens (tertiary/aromatic N) is 2. The maximum absolute atomic E-state index is 13.0. The molecule has 1 aliphatic rings. The fraction of sp³-hybridized carbons (Fsp3) is 0.333. The molecular formula is C21H25N3O2. The Balaban J connectivity index is 2.14. The lowest BCUT2D eigenvalue weighted by molar-refractivity contribution is -0.127. The van der Waals surface area contributed by atoms with E-state index in [0.29, 0.717) is 23.8 Å². The standard InChI is InChI=1S/C21H25N3O2/c1-14(2)15(3)13-23-17-11-7-8-12-18(17)24(16-9-5-4-6-10-16)21(26)19(22)20(23)25/h4-12,14-15,19H,13,22H2,1-3H3. The monoisotopic (exact) mass is 351 g/mol. The van der Waals surface area contributed by atoms with Crippen LogP contribution in [0.15, 0.2) is 54.6 Å². The zero-order valence-electron chi connectivity index (χ0n) is 15.4. The van der Waals surface area contributed by atoms with Crippen molar-refractivity contribution in [2.75, 3.05) is 16.3 Å². The first-order chi connectivity index (χ1) is 12.4. The number of fused-ring (bicyclic) bond motifs is 1. The summed E-state index contributed by atoms with van der Waals surface area (Å²) in [5.41, 5.74) is 8.19. The first kappa shape index (κ1) is 18.1. The molecule has 0 saturated heterocycles. The van der Waals surface area contributed by atoms with Crippen LogP contribution in [-0.4, -0.2) is 24.4 Å². The summed E-state index contributed by atoms with van der Waals surface area (Å²) in [5, 5.41) is 0. The molecule has 0 aromatic heterocycles. The van der Waals surface area contributed by atoms with Crippen molar-refractivity contribution in [2.45, 2.75) is 26.8 Å². The molecule has 2 amide bonds. The van der Waals surface area contributed by atoms with Crippen molar-refractivity contribution >= 4 is 28.9 Å². The van der Waals surface area contributed by atoms with Crippen LogP contribution < -0.4 is 15.5 Å². The van der Waals surface area contributed by atoms with E-state index >= 15 is 0 Å². The van der Waals surface area contributed by atoms with Crippen molar-refractivity contribution in [3.05, 3.63) is 54.6 Å². The van der Waals surface area contributed by atoms with Gasteiger partial charge in [0.05, 0.1) is 11.4 Å². The second-order valence-electron chi connectivity index (χ2n) is 7.15. The number of carbonyl (C=O) groups is 2. The number of amides is 2. The molecule has 2 atom stereocenters. The number of carbonyl (C=O) groups excluding carboxylic acids is 2. The molecule has 0 fully saturated rings. The second kappa shape index (κ2) is 7.30. The molecule has 0 aliphatic carbocycles. The fourth-order valence-electron chi connectivity index (χ4n) is 3.06. The Bertz CT molecular complexity index is 804. The fourth-order valence-corrected chi connectivity index (χ4v) is 3.06. The van der Waals surface area contributed by atoms with Gasteiger partial charge in [0.25, 0.3) is 11.8 Å². The molecule has 2 aromatic rings. The average Bonchev–Trinajstić information content (AvgIpc) is 2.72. The Kier molecular flexibility index (Phi) is 5.09. The minimum absolute atomic E-state index is 0.276. The molecule has 2 aromatic carbocycles. The molecule has 0 radical (unpaired) electrons. The van der Waals surface area contributed by atoms with Gasteiger partial charge in [-0.25, -0.2) is 0 Å². The summed E-state index contributed by atoms with van der Waals surface area (Å²) < 4.78 is 0. The first-order valence-corrected chi connectivity index (χ1v) is 8.96. The van der Waals surface area contributed by atoms with Crippen LogP contribution in [0.3, 0.4) is 0 Å². The maximum atomic E-state index is 13.0. The highest BCUT2D eigenvalue weighted by Gasteiger charge is 2.39. The second-order valence-corrected chi connectivity index (χ2v) is 7.15. The number of nitrogens with two attached hydrogens (primary N) is 1. The summed E-state index contributed by atoms with van der Waals surface area (Å²) >= 11 is 0. The van der Waals surface area contributed by atoms with Crippen LogP contribution >= 0.6 is 0 Å².